The third-order valence-corrected chi connectivity index (χ3v) is 2.52. The van der Waals surface area contributed by atoms with Gasteiger partial charge in [0.15, 0.2) is 0 Å². The second kappa shape index (κ2) is 4.33. The Kier molecular flexibility index (Phi) is 4.57. The summed E-state index contributed by atoms with van der Waals surface area (Å²) >= 11 is 3.35. The van der Waals surface area contributed by atoms with Crippen molar-refractivity contribution in [2.24, 2.45) is 11.8 Å². The lowest BCUT2D eigenvalue weighted by molar-refractivity contribution is 0.205. The van der Waals surface area contributed by atoms with Gasteiger partial charge in [-0.1, -0.05) is 29.8 Å². The zero-order valence-corrected chi connectivity index (χ0v) is 6.98. The van der Waals surface area contributed by atoms with Gasteiger partial charge in [0.25, 0.3) is 0 Å². The van der Waals surface area contributed by atoms with E-state index in [1.54, 1.807) is 0 Å². The number of rotatable bonds is 3. The number of alkyl halides is 1. The van der Waals surface area contributed by atoms with Crippen molar-refractivity contribution < 1.29 is 5.11 Å². The van der Waals surface area contributed by atoms with Crippen LogP contribution >= 0.6 is 15.9 Å². The van der Waals surface area contributed by atoms with E-state index in [1.165, 1.54) is 0 Å². The molecule has 8 heavy (non-hydrogen) atoms. The van der Waals surface area contributed by atoms with Gasteiger partial charge in [-0.25, -0.2) is 0 Å². The Morgan fingerprint density at radius 1 is 1.38 bits per heavy atom. The number of halogens is 1. The Morgan fingerprint density at radius 3 is 2.00 bits per heavy atom. The van der Waals surface area contributed by atoms with Crippen molar-refractivity contribution in [3.05, 3.63) is 0 Å². The summed E-state index contributed by atoms with van der Waals surface area (Å²) in [7, 11) is 0. The molecule has 0 radical (unpaired) electrons. The van der Waals surface area contributed by atoms with Crippen LogP contribution in [-0.4, -0.2) is 17.0 Å². The average Bonchev–Trinajstić information content (AvgIpc) is 1.84. The number of hydrogen-bond donors (Lipinski definition) is 1. The molecule has 50 valence electrons. The predicted molar refractivity (Wildman–Crippen MR) is 39.2 cm³/mol. The maximum atomic E-state index is 8.62. The van der Waals surface area contributed by atoms with Crippen molar-refractivity contribution in [3.8, 4) is 0 Å². The highest BCUT2D eigenvalue weighted by molar-refractivity contribution is 9.09. The summed E-state index contributed by atoms with van der Waals surface area (Å²) in [5, 5.41) is 9.60. The van der Waals surface area contributed by atoms with E-state index in [4.69, 9.17) is 5.11 Å². The second-order valence-electron chi connectivity index (χ2n) is 2.29. The zero-order chi connectivity index (χ0) is 6.57. The molecule has 2 unspecified atom stereocenters. The fourth-order valence-electron chi connectivity index (χ4n) is 0.332. The maximum Gasteiger partial charge on any atom is 0.0459 e. The summed E-state index contributed by atoms with van der Waals surface area (Å²) in [6, 6.07) is 0. The van der Waals surface area contributed by atoms with Gasteiger partial charge in [-0.15, -0.1) is 0 Å². The van der Waals surface area contributed by atoms with Crippen LogP contribution in [0, 0.1) is 11.8 Å². The topological polar surface area (TPSA) is 20.2 Å². The van der Waals surface area contributed by atoms with Crippen molar-refractivity contribution in [2.75, 3.05) is 11.9 Å². The predicted octanol–water partition coefficient (Wildman–Crippen LogP) is 1.65. The SMILES string of the molecule is CC(CO)C(C)CBr. The van der Waals surface area contributed by atoms with Crippen molar-refractivity contribution in [1.29, 1.82) is 0 Å². The molecule has 1 nitrogen and oxygen atoms in total. The van der Waals surface area contributed by atoms with Gasteiger partial charge in [0.05, 0.1) is 0 Å². The van der Waals surface area contributed by atoms with Crippen LogP contribution in [0.15, 0.2) is 0 Å². The van der Waals surface area contributed by atoms with Gasteiger partial charge in [0.2, 0.25) is 0 Å². The van der Waals surface area contributed by atoms with Crippen molar-refractivity contribution in [3.63, 3.8) is 0 Å². The van der Waals surface area contributed by atoms with Crippen molar-refractivity contribution in [1.82, 2.24) is 0 Å². The lowest BCUT2D eigenvalue weighted by Crippen LogP contribution is -2.12. The van der Waals surface area contributed by atoms with Crippen molar-refractivity contribution in [2.45, 2.75) is 13.8 Å². The summed E-state index contributed by atoms with van der Waals surface area (Å²) in [6.45, 7) is 4.47. The molecule has 0 aromatic carbocycles. The normalized spacial score (nSPS) is 18.0. The fourth-order valence-corrected chi connectivity index (χ4v) is 0.970. The molecule has 0 saturated carbocycles. The van der Waals surface area contributed by atoms with Gasteiger partial charge in [-0.05, 0) is 11.8 Å². The molecule has 0 bridgehead atoms. The van der Waals surface area contributed by atoms with Gasteiger partial charge >= 0.3 is 0 Å². The zero-order valence-electron chi connectivity index (χ0n) is 5.39. The smallest absolute Gasteiger partial charge is 0.0459 e. The van der Waals surface area contributed by atoms with Crippen LogP contribution < -0.4 is 0 Å². The van der Waals surface area contributed by atoms with Gasteiger partial charge < -0.3 is 5.11 Å². The first-order valence-electron chi connectivity index (χ1n) is 2.89. The van der Waals surface area contributed by atoms with E-state index in [9.17, 15) is 0 Å². The van der Waals surface area contributed by atoms with E-state index in [-0.39, 0.29) is 0 Å². The molecule has 0 aliphatic heterocycles. The van der Waals surface area contributed by atoms with Gasteiger partial charge in [0.1, 0.15) is 0 Å². The lowest BCUT2D eigenvalue weighted by atomic mass is 10.00. The van der Waals surface area contributed by atoms with Crippen LogP contribution in [0.5, 0.6) is 0 Å². The highest BCUT2D eigenvalue weighted by Crippen LogP contribution is 2.11. The first-order valence-corrected chi connectivity index (χ1v) is 4.01. The van der Waals surface area contributed by atoms with Crippen LogP contribution in [0.25, 0.3) is 0 Å². The number of aliphatic hydroxyl groups excluding tert-OH is 1. The Morgan fingerprint density at radius 2 is 1.88 bits per heavy atom. The molecular formula is C6H13BrO. The molecule has 0 rings (SSSR count). The fraction of sp³-hybridized carbons (Fsp3) is 1.00. The summed E-state index contributed by atoms with van der Waals surface area (Å²) in [6.07, 6.45) is 0. The van der Waals surface area contributed by atoms with Crippen LogP contribution in [0.3, 0.4) is 0 Å². The molecule has 2 atom stereocenters. The molecule has 0 aliphatic carbocycles. The minimum atomic E-state index is 0.298. The number of hydrogen-bond acceptors (Lipinski definition) is 1. The van der Waals surface area contributed by atoms with Gasteiger partial charge in [-0.3, -0.25) is 0 Å². The molecule has 0 aromatic rings. The van der Waals surface area contributed by atoms with Crippen LogP contribution in [0.2, 0.25) is 0 Å². The van der Waals surface area contributed by atoms with Crippen LogP contribution in [0.1, 0.15) is 13.8 Å². The Hall–Kier alpha value is 0.440. The van der Waals surface area contributed by atoms with Gasteiger partial charge in [0, 0.05) is 11.9 Å². The monoisotopic (exact) mass is 180 g/mol. The van der Waals surface area contributed by atoms with E-state index in [0.717, 1.165) is 5.33 Å². The molecule has 0 aromatic heterocycles. The maximum absolute atomic E-state index is 8.62. The molecule has 2 heteroatoms. The number of aliphatic hydroxyl groups is 1. The summed E-state index contributed by atoms with van der Waals surface area (Å²) in [4.78, 5) is 0. The quantitative estimate of drug-likeness (QED) is 0.656. The van der Waals surface area contributed by atoms with Crippen molar-refractivity contribution >= 4 is 15.9 Å². The standard InChI is InChI=1S/C6H13BrO/c1-5(3-7)6(2)4-8/h5-6,8H,3-4H2,1-2H3. The van der Waals surface area contributed by atoms with Crippen LogP contribution in [-0.2, 0) is 0 Å². The average molecular weight is 181 g/mol. The van der Waals surface area contributed by atoms with E-state index < -0.39 is 0 Å². The largest absolute Gasteiger partial charge is 0.396 e. The molecule has 0 spiro atoms. The third-order valence-electron chi connectivity index (χ3n) is 1.50. The Labute approximate surface area is 59.2 Å². The summed E-state index contributed by atoms with van der Waals surface area (Å²) < 4.78 is 0. The molecule has 0 heterocycles. The molecule has 0 amide bonds. The summed E-state index contributed by atoms with van der Waals surface area (Å²) in [5.41, 5.74) is 0. The minimum Gasteiger partial charge on any atom is -0.396 e. The van der Waals surface area contributed by atoms with E-state index in [0.29, 0.717) is 18.4 Å². The Bertz CT molecular complexity index is 48.5. The Balaban J connectivity index is 3.29. The molecular weight excluding hydrogens is 168 g/mol. The van der Waals surface area contributed by atoms with Crippen LogP contribution in [0.4, 0.5) is 0 Å². The molecule has 0 saturated heterocycles. The van der Waals surface area contributed by atoms with E-state index >= 15 is 0 Å². The van der Waals surface area contributed by atoms with E-state index in [2.05, 4.69) is 22.9 Å². The highest BCUT2D eigenvalue weighted by Gasteiger charge is 2.07. The highest BCUT2D eigenvalue weighted by atomic mass is 79.9. The molecule has 0 fully saturated rings. The third kappa shape index (κ3) is 2.68. The minimum absolute atomic E-state index is 0.298. The lowest BCUT2D eigenvalue weighted by Gasteiger charge is -2.13. The first kappa shape index (κ1) is 8.44. The molecule has 0 aliphatic rings. The van der Waals surface area contributed by atoms with E-state index in [1.807, 2.05) is 6.92 Å². The summed E-state index contributed by atoms with van der Waals surface area (Å²) in [5.74, 6) is 1.01. The second-order valence-corrected chi connectivity index (χ2v) is 2.94. The molecule has 1 N–H and O–H groups in total. The van der Waals surface area contributed by atoms with Gasteiger partial charge in [-0.2, -0.15) is 0 Å². The first-order chi connectivity index (χ1) is 3.72.